The Morgan fingerprint density at radius 3 is 2.38 bits per heavy atom. The zero-order chi connectivity index (χ0) is 15.4. The molecule has 0 aliphatic carbocycles. The number of carbonyl (C=O) groups excluding carboxylic acids is 1. The van der Waals surface area contributed by atoms with Crippen molar-refractivity contribution in [1.29, 1.82) is 0 Å². The zero-order valence-corrected chi connectivity index (χ0v) is 13.4. The average Bonchev–Trinajstić information content (AvgIpc) is 2.48. The van der Waals surface area contributed by atoms with Gasteiger partial charge in [0.15, 0.2) is 11.6 Å². The van der Waals surface area contributed by atoms with Gasteiger partial charge in [0.05, 0.1) is 0 Å². The number of carbonyl (C=O) groups is 1. The van der Waals surface area contributed by atoms with E-state index < -0.39 is 0 Å². The van der Waals surface area contributed by atoms with Gasteiger partial charge in [-0.05, 0) is 18.8 Å². The molecule has 0 atom stereocenters. The fraction of sp³-hybridized carbons (Fsp3) is 0.667. The fourth-order valence-corrected chi connectivity index (χ4v) is 2.64. The summed E-state index contributed by atoms with van der Waals surface area (Å²) >= 11 is 0. The van der Waals surface area contributed by atoms with Crippen LogP contribution in [0.1, 0.15) is 19.3 Å². The van der Waals surface area contributed by atoms with Gasteiger partial charge in [0.25, 0.3) is 0 Å². The molecule has 6 nitrogen and oxygen atoms in total. The first kappa shape index (κ1) is 15.5. The van der Waals surface area contributed by atoms with E-state index in [9.17, 15) is 4.79 Å². The fourth-order valence-electron chi connectivity index (χ4n) is 2.64. The number of nitrogens with zero attached hydrogens (tertiary/aromatic N) is 5. The van der Waals surface area contributed by atoms with E-state index in [0.717, 1.165) is 37.6 Å². The Morgan fingerprint density at radius 2 is 1.81 bits per heavy atom. The first-order chi connectivity index (χ1) is 9.99. The van der Waals surface area contributed by atoms with E-state index in [2.05, 4.69) is 14.9 Å². The van der Waals surface area contributed by atoms with Gasteiger partial charge in [-0.25, -0.2) is 9.97 Å². The molecule has 2 heterocycles. The Morgan fingerprint density at radius 1 is 1.19 bits per heavy atom. The summed E-state index contributed by atoms with van der Waals surface area (Å²) in [7, 11) is 7.60. The van der Waals surface area contributed by atoms with Gasteiger partial charge in [-0.15, -0.1) is 0 Å². The highest BCUT2D eigenvalue weighted by molar-refractivity contribution is 5.75. The van der Waals surface area contributed by atoms with Crippen LogP contribution < -0.4 is 9.80 Å². The van der Waals surface area contributed by atoms with Crippen LogP contribution in [-0.4, -0.2) is 62.1 Å². The minimum Gasteiger partial charge on any atom is -0.360 e. The minimum atomic E-state index is 0.224. The molecule has 1 aromatic rings. The Bertz CT molecular complexity index is 481. The van der Waals surface area contributed by atoms with Gasteiger partial charge >= 0.3 is 0 Å². The number of aromatic nitrogens is 2. The van der Waals surface area contributed by atoms with E-state index in [1.165, 1.54) is 0 Å². The highest BCUT2D eigenvalue weighted by atomic mass is 16.2. The molecule has 1 aliphatic rings. The van der Waals surface area contributed by atoms with Crippen LogP contribution in [-0.2, 0) is 4.79 Å². The van der Waals surface area contributed by atoms with Crippen molar-refractivity contribution in [2.45, 2.75) is 19.3 Å². The van der Waals surface area contributed by atoms with E-state index in [1.54, 1.807) is 17.3 Å². The average molecular weight is 291 g/mol. The molecule has 0 spiro atoms. The smallest absolute Gasteiger partial charge is 0.222 e. The summed E-state index contributed by atoms with van der Waals surface area (Å²) in [6.45, 7) is 1.87. The number of amides is 1. The number of hydrogen-bond donors (Lipinski definition) is 0. The maximum atomic E-state index is 11.8. The summed E-state index contributed by atoms with van der Waals surface area (Å²) in [5, 5.41) is 0. The summed E-state index contributed by atoms with van der Waals surface area (Å²) in [6, 6.07) is 0. The molecule has 1 aliphatic heterocycles. The van der Waals surface area contributed by atoms with E-state index in [4.69, 9.17) is 0 Å². The molecule has 0 saturated carbocycles. The quantitative estimate of drug-likeness (QED) is 0.835. The van der Waals surface area contributed by atoms with Crippen molar-refractivity contribution in [2.24, 2.45) is 5.92 Å². The first-order valence-corrected chi connectivity index (χ1v) is 7.42. The van der Waals surface area contributed by atoms with Crippen molar-refractivity contribution in [3.63, 3.8) is 0 Å². The van der Waals surface area contributed by atoms with Gasteiger partial charge < -0.3 is 14.7 Å². The molecule has 0 N–H and O–H groups in total. The van der Waals surface area contributed by atoms with Crippen molar-refractivity contribution in [3.05, 3.63) is 12.4 Å². The monoisotopic (exact) mass is 291 g/mol. The lowest BCUT2D eigenvalue weighted by Crippen LogP contribution is -2.37. The molecule has 1 fully saturated rings. The van der Waals surface area contributed by atoms with Crippen LogP contribution in [0.4, 0.5) is 11.6 Å². The van der Waals surface area contributed by atoms with Crippen LogP contribution >= 0.6 is 0 Å². The lowest BCUT2D eigenvalue weighted by Gasteiger charge is -2.34. The molecule has 1 amide bonds. The van der Waals surface area contributed by atoms with Crippen LogP contribution in [0.15, 0.2) is 12.4 Å². The summed E-state index contributed by atoms with van der Waals surface area (Å²) in [6.07, 6.45) is 6.18. The Balaban J connectivity index is 1.97. The molecule has 2 rings (SSSR count). The molecule has 0 unspecified atom stereocenters. The second-order valence-corrected chi connectivity index (χ2v) is 6.02. The predicted molar refractivity (Wildman–Crippen MR) is 84.6 cm³/mol. The molecule has 0 bridgehead atoms. The van der Waals surface area contributed by atoms with Gasteiger partial charge in [-0.2, -0.15) is 0 Å². The molecule has 0 radical (unpaired) electrons. The molecule has 1 saturated heterocycles. The Labute approximate surface area is 126 Å². The van der Waals surface area contributed by atoms with Crippen LogP contribution in [0.2, 0.25) is 0 Å². The Kier molecular flexibility index (Phi) is 4.98. The van der Waals surface area contributed by atoms with E-state index in [0.29, 0.717) is 12.3 Å². The highest BCUT2D eigenvalue weighted by Crippen LogP contribution is 2.28. The van der Waals surface area contributed by atoms with Crippen LogP contribution in [0.3, 0.4) is 0 Å². The molecule has 21 heavy (non-hydrogen) atoms. The first-order valence-electron chi connectivity index (χ1n) is 7.42. The zero-order valence-electron chi connectivity index (χ0n) is 13.4. The predicted octanol–water partition coefficient (Wildman–Crippen LogP) is 1.24. The maximum Gasteiger partial charge on any atom is 0.222 e. The van der Waals surface area contributed by atoms with Crippen molar-refractivity contribution < 1.29 is 4.79 Å². The van der Waals surface area contributed by atoms with Gasteiger partial charge in [-0.1, -0.05) is 0 Å². The van der Waals surface area contributed by atoms with Crippen LogP contribution in [0.25, 0.3) is 0 Å². The van der Waals surface area contributed by atoms with Crippen LogP contribution in [0, 0.1) is 5.92 Å². The number of rotatable bonds is 4. The molecular weight excluding hydrogens is 266 g/mol. The number of piperidine rings is 1. The summed E-state index contributed by atoms with van der Waals surface area (Å²) in [5.41, 5.74) is 0. The third-order valence-electron chi connectivity index (χ3n) is 3.96. The van der Waals surface area contributed by atoms with Gasteiger partial charge in [0.1, 0.15) is 0 Å². The lowest BCUT2D eigenvalue weighted by molar-refractivity contribution is -0.129. The molecule has 6 heteroatoms. The summed E-state index contributed by atoms with van der Waals surface area (Å²) < 4.78 is 0. The maximum absolute atomic E-state index is 11.8. The summed E-state index contributed by atoms with van der Waals surface area (Å²) in [4.78, 5) is 26.6. The second kappa shape index (κ2) is 6.74. The summed E-state index contributed by atoms with van der Waals surface area (Å²) in [5.74, 6) is 2.55. The third-order valence-corrected chi connectivity index (χ3v) is 3.96. The molecular formula is C15H25N5O. The third kappa shape index (κ3) is 3.83. The van der Waals surface area contributed by atoms with Crippen molar-refractivity contribution in [2.75, 3.05) is 51.1 Å². The number of anilines is 2. The van der Waals surface area contributed by atoms with Crippen molar-refractivity contribution in [3.8, 4) is 0 Å². The van der Waals surface area contributed by atoms with E-state index >= 15 is 0 Å². The van der Waals surface area contributed by atoms with Crippen molar-refractivity contribution in [1.82, 2.24) is 14.9 Å². The molecule has 1 aromatic heterocycles. The van der Waals surface area contributed by atoms with E-state index in [1.807, 2.05) is 33.1 Å². The SMILES string of the molecule is CN(C)C(=O)CC1CCN(c2nccnc2N(C)C)CC1. The highest BCUT2D eigenvalue weighted by Gasteiger charge is 2.24. The topological polar surface area (TPSA) is 52.6 Å². The van der Waals surface area contributed by atoms with Gasteiger partial charge in [-0.3, -0.25) is 4.79 Å². The van der Waals surface area contributed by atoms with Gasteiger partial charge in [0.2, 0.25) is 5.91 Å². The standard InChI is InChI=1S/C15H25N5O/c1-18(2)13(21)11-12-5-9-20(10-6-12)15-14(19(3)4)16-7-8-17-15/h7-8,12H,5-6,9-11H2,1-4H3. The number of hydrogen-bond acceptors (Lipinski definition) is 5. The van der Waals surface area contributed by atoms with Gasteiger partial charge in [0, 0.05) is 60.1 Å². The second-order valence-electron chi connectivity index (χ2n) is 6.02. The minimum absolute atomic E-state index is 0.224. The molecule has 0 aromatic carbocycles. The Hall–Kier alpha value is -1.85. The normalized spacial score (nSPS) is 15.9. The largest absolute Gasteiger partial charge is 0.360 e. The van der Waals surface area contributed by atoms with E-state index in [-0.39, 0.29) is 5.91 Å². The van der Waals surface area contributed by atoms with Crippen molar-refractivity contribution >= 4 is 17.5 Å². The molecule has 116 valence electrons. The van der Waals surface area contributed by atoms with Crippen LogP contribution in [0.5, 0.6) is 0 Å². The lowest BCUT2D eigenvalue weighted by atomic mass is 9.93.